The lowest BCUT2D eigenvalue weighted by Gasteiger charge is -2.10. The van der Waals surface area contributed by atoms with Crippen molar-refractivity contribution in [3.63, 3.8) is 0 Å². The molecule has 0 bridgehead atoms. The van der Waals surface area contributed by atoms with Gasteiger partial charge in [-0.15, -0.1) is 0 Å². The Balaban J connectivity index is 1.59. The Labute approximate surface area is 167 Å². The maximum Gasteiger partial charge on any atom is 0.242 e. The molecule has 4 aromatic heterocycles. The summed E-state index contributed by atoms with van der Waals surface area (Å²) >= 11 is 0. The molecule has 0 aliphatic rings. The minimum Gasteiger partial charge on any atom is -0.470 e. The minimum absolute atomic E-state index is 0.171. The van der Waals surface area contributed by atoms with Gasteiger partial charge in [-0.25, -0.2) is 24.9 Å². The summed E-state index contributed by atoms with van der Waals surface area (Å²) in [5.74, 6) is 0.359. The van der Waals surface area contributed by atoms with Gasteiger partial charge in [-0.05, 0) is 20.8 Å². The molecule has 0 saturated heterocycles. The van der Waals surface area contributed by atoms with Crippen molar-refractivity contribution in [2.45, 2.75) is 27.4 Å². The van der Waals surface area contributed by atoms with Crippen molar-refractivity contribution in [3.05, 3.63) is 66.2 Å². The lowest BCUT2D eigenvalue weighted by atomic mass is 10.3. The van der Waals surface area contributed by atoms with E-state index in [1.54, 1.807) is 43.4 Å². The molecule has 0 radical (unpaired) electrons. The monoisotopic (exact) mass is 386 g/mol. The van der Waals surface area contributed by atoms with E-state index in [4.69, 9.17) is 4.74 Å². The largest absolute Gasteiger partial charge is 0.470 e. The Bertz CT molecular complexity index is 1160. The van der Waals surface area contributed by atoms with Gasteiger partial charge >= 0.3 is 0 Å². The number of aromatic nitrogens is 8. The first-order valence-corrected chi connectivity index (χ1v) is 8.94. The summed E-state index contributed by atoms with van der Waals surface area (Å²) in [5.41, 5.74) is 5.41. The summed E-state index contributed by atoms with van der Waals surface area (Å²) in [5, 5.41) is 0. The van der Waals surface area contributed by atoms with Gasteiger partial charge in [0.15, 0.2) is 5.69 Å². The van der Waals surface area contributed by atoms with E-state index in [-0.39, 0.29) is 6.61 Å². The number of hydrogen-bond donors (Lipinski definition) is 0. The normalized spacial score (nSPS) is 10.7. The van der Waals surface area contributed by atoms with Crippen LogP contribution in [0, 0.1) is 20.8 Å². The van der Waals surface area contributed by atoms with Crippen LogP contribution in [0.1, 0.15) is 22.8 Å². The Hall–Kier alpha value is -3.88. The standard InChI is InChI=1S/C20H18N8O/c1-12-4-21-8-16(25-12)17-9-23-7-15(28-17)11-29-20-19(27-14(3)6-24-20)18-10-22-5-13(2)26-18/h4-10H,11H2,1-3H3. The van der Waals surface area contributed by atoms with E-state index in [1.165, 1.54) is 0 Å². The fraction of sp³-hybridized carbons (Fsp3) is 0.200. The van der Waals surface area contributed by atoms with Crippen molar-refractivity contribution in [1.29, 1.82) is 0 Å². The zero-order valence-corrected chi connectivity index (χ0v) is 16.2. The zero-order valence-electron chi connectivity index (χ0n) is 16.2. The molecule has 0 aliphatic heterocycles. The highest BCUT2D eigenvalue weighted by molar-refractivity contribution is 5.59. The predicted octanol–water partition coefficient (Wildman–Crippen LogP) is 2.68. The van der Waals surface area contributed by atoms with Crippen molar-refractivity contribution >= 4 is 0 Å². The molecule has 0 N–H and O–H groups in total. The van der Waals surface area contributed by atoms with Crippen LogP contribution in [0.5, 0.6) is 5.88 Å². The molecular formula is C20H18N8O. The number of hydrogen-bond acceptors (Lipinski definition) is 9. The van der Waals surface area contributed by atoms with Crippen LogP contribution in [0.25, 0.3) is 22.8 Å². The van der Waals surface area contributed by atoms with Gasteiger partial charge in [0.2, 0.25) is 5.88 Å². The van der Waals surface area contributed by atoms with Crippen molar-refractivity contribution in [1.82, 2.24) is 39.9 Å². The number of rotatable bonds is 5. The molecule has 9 heteroatoms. The van der Waals surface area contributed by atoms with Gasteiger partial charge in [0.05, 0.1) is 53.8 Å². The van der Waals surface area contributed by atoms with Gasteiger partial charge in [-0.2, -0.15) is 0 Å². The molecule has 0 unspecified atom stereocenters. The third-order valence-corrected chi connectivity index (χ3v) is 3.92. The Morgan fingerprint density at radius 3 is 1.93 bits per heavy atom. The van der Waals surface area contributed by atoms with Gasteiger partial charge in [-0.1, -0.05) is 0 Å². The van der Waals surface area contributed by atoms with Gasteiger partial charge in [0.25, 0.3) is 0 Å². The first-order valence-electron chi connectivity index (χ1n) is 8.94. The smallest absolute Gasteiger partial charge is 0.242 e. The van der Waals surface area contributed by atoms with E-state index >= 15 is 0 Å². The van der Waals surface area contributed by atoms with Crippen LogP contribution in [-0.4, -0.2) is 39.9 Å². The summed E-state index contributed by atoms with van der Waals surface area (Å²) < 4.78 is 5.91. The number of aryl methyl sites for hydroxylation is 3. The van der Waals surface area contributed by atoms with Gasteiger partial charge in [0.1, 0.15) is 23.7 Å². The Morgan fingerprint density at radius 1 is 0.621 bits per heavy atom. The highest BCUT2D eigenvalue weighted by Gasteiger charge is 2.14. The van der Waals surface area contributed by atoms with Crippen molar-refractivity contribution < 1.29 is 4.74 Å². The molecule has 0 atom stereocenters. The minimum atomic E-state index is 0.171. The van der Waals surface area contributed by atoms with Crippen LogP contribution in [0.15, 0.2) is 43.4 Å². The average Bonchev–Trinajstić information content (AvgIpc) is 2.73. The number of ether oxygens (including phenoxy) is 1. The van der Waals surface area contributed by atoms with Crippen LogP contribution < -0.4 is 4.74 Å². The van der Waals surface area contributed by atoms with E-state index in [2.05, 4.69) is 39.9 Å². The van der Waals surface area contributed by atoms with Gasteiger partial charge in [0, 0.05) is 12.4 Å². The summed E-state index contributed by atoms with van der Waals surface area (Å²) in [6.07, 6.45) is 11.6. The molecule has 144 valence electrons. The zero-order chi connectivity index (χ0) is 20.2. The molecule has 0 amide bonds. The van der Waals surface area contributed by atoms with Crippen molar-refractivity contribution in [2.75, 3.05) is 0 Å². The van der Waals surface area contributed by atoms with Crippen LogP contribution >= 0.6 is 0 Å². The van der Waals surface area contributed by atoms with E-state index < -0.39 is 0 Å². The molecule has 0 spiro atoms. The maximum atomic E-state index is 5.91. The van der Waals surface area contributed by atoms with E-state index in [1.807, 2.05) is 20.8 Å². The van der Waals surface area contributed by atoms with Gasteiger partial charge < -0.3 is 4.74 Å². The molecule has 0 fully saturated rings. The molecule has 9 nitrogen and oxygen atoms in total. The molecule has 29 heavy (non-hydrogen) atoms. The van der Waals surface area contributed by atoms with Crippen molar-refractivity contribution in [3.8, 4) is 28.7 Å². The molecule has 0 aromatic carbocycles. The highest BCUT2D eigenvalue weighted by Crippen LogP contribution is 2.25. The third-order valence-electron chi connectivity index (χ3n) is 3.92. The van der Waals surface area contributed by atoms with Crippen molar-refractivity contribution in [2.24, 2.45) is 0 Å². The Kier molecular flexibility index (Phi) is 5.10. The van der Waals surface area contributed by atoms with Crippen LogP contribution in [-0.2, 0) is 6.61 Å². The molecule has 4 aromatic rings. The van der Waals surface area contributed by atoms with Gasteiger partial charge in [-0.3, -0.25) is 15.0 Å². The van der Waals surface area contributed by atoms with E-state index in [0.29, 0.717) is 34.3 Å². The second-order valence-electron chi connectivity index (χ2n) is 6.44. The molecule has 0 saturated carbocycles. The third kappa shape index (κ3) is 4.34. The van der Waals surface area contributed by atoms with Crippen LogP contribution in [0.3, 0.4) is 0 Å². The topological polar surface area (TPSA) is 112 Å². The molecule has 4 heterocycles. The lowest BCUT2D eigenvalue weighted by Crippen LogP contribution is -2.05. The van der Waals surface area contributed by atoms with Crippen LogP contribution in [0.2, 0.25) is 0 Å². The van der Waals surface area contributed by atoms with E-state index in [0.717, 1.165) is 17.1 Å². The highest BCUT2D eigenvalue weighted by atomic mass is 16.5. The first kappa shape index (κ1) is 18.5. The SMILES string of the molecule is Cc1cncc(-c2cncc(COc3ncc(C)nc3-c3cncc(C)n3)n2)n1. The summed E-state index contributed by atoms with van der Waals surface area (Å²) in [6.45, 7) is 5.78. The summed E-state index contributed by atoms with van der Waals surface area (Å²) in [7, 11) is 0. The fourth-order valence-electron chi connectivity index (χ4n) is 2.64. The van der Waals surface area contributed by atoms with Crippen LogP contribution in [0.4, 0.5) is 0 Å². The summed E-state index contributed by atoms with van der Waals surface area (Å²) in [6, 6.07) is 0. The Morgan fingerprint density at radius 2 is 1.21 bits per heavy atom. The summed E-state index contributed by atoms with van der Waals surface area (Å²) in [4.78, 5) is 34.9. The second kappa shape index (κ2) is 8.01. The number of nitrogens with zero attached hydrogens (tertiary/aromatic N) is 8. The lowest BCUT2D eigenvalue weighted by molar-refractivity contribution is 0.289. The predicted molar refractivity (Wildman–Crippen MR) is 105 cm³/mol. The molecular weight excluding hydrogens is 368 g/mol. The maximum absolute atomic E-state index is 5.91. The first-order chi connectivity index (χ1) is 14.1. The molecule has 0 aliphatic carbocycles. The van der Waals surface area contributed by atoms with E-state index in [9.17, 15) is 0 Å². The fourth-order valence-corrected chi connectivity index (χ4v) is 2.64. The molecule has 4 rings (SSSR count). The second-order valence-corrected chi connectivity index (χ2v) is 6.44. The quantitative estimate of drug-likeness (QED) is 0.511. The average molecular weight is 386 g/mol.